The maximum absolute atomic E-state index is 12.8. The Morgan fingerprint density at radius 1 is 1.33 bits per heavy atom. The van der Waals surface area contributed by atoms with Gasteiger partial charge in [-0.05, 0) is 17.7 Å². The van der Waals surface area contributed by atoms with Gasteiger partial charge in [-0.15, -0.1) is 0 Å². The van der Waals surface area contributed by atoms with Crippen molar-refractivity contribution in [2.24, 2.45) is 0 Å². The molecular weight excluding hydrogens is 202 g/mol. The van der Waals surface area contributed by atoms with E-state index in [1.54, 1.807) is 7.11 Å². The van der Waals surface area contributed by atoms with Crippen LogP contribution in [0.5, 0.6) is 0 Å². The fraction of sp³-hybridized carbons (Fsp3) is 0.250. The van der Waals surface area contributed by atoms with E-state index in [1.807, 2.05) is 0 Å². The predicted octanol–water partition coefficient (Wildman–Crippen LogP) is 3.28. The van der Waals surface area contributed by atoms with E-state index in [9.17, 15) is 4.39 Å². The zero-order valence-electron chi connectivity index (χ0n) is 6.40. The van der Waals surface area contributed by atoms with Gasteiger partial charge in [0, 0.05) is 7.11 Å². The van der Waals surface area contributed by atoms with E-state index in [-0.39, 0.29) is 10.0 Å². The summed E-state index contributed by atoms with van der Waals surface area (Å²) in [6, 6.07) is 2.98. The van der Waals surface area contributed by atoms with Gasteiger partial charge in [-0.25, -0.2) is 4.39 Å². The second-order valence-electron chi connectivity index (χ2n) is 2.31. The molecule has 0 N–H and O–H groups in total. The molecule has 0 bridgehead atoms. The van der Waals surface area contributed by atoms with Crippen molar-refractivity contribution >= 4 is 23.2 Å². The van der Waals surface area contributed by atoms with Crippen LogP contribution in [0, 0.1) is 5.82 Å². The maximum atomic E-state index is 12.8. The lowest BCUT2D eigenvalue weighted by Crippen LogP contribution is -1.89. The number of halogens is 3. The summed E-state index contributed by atoms with van der Waals surface area (Å²) in [5, 5.41) is 0.0455. The van der Waals surface area contributed by atoms with Gasteiger partial charge in [-0.2, -0.15) is 0 Å². The molecule has 0 aliphatic rings. The summed E-state index contributed by atoms with van der Waals surface area (Å²) >= 11 is 11.1. The molecule has 4 heteroatoms. The van der Waals surface area contributed by atoms with E-state index in [4.69, 9.17) is 27.9 Å². The first kappa shape index (κ1) is 9.78. The molecule has 0 saturated heterocycles. The van der Waals surface area contributed by atoms with Crippen molar-refractivity contribution in [3.8, 4) is 0 Å². The predicted molar refractivity (Wildman–Crippen MR) is 47.1 cm³/mol. The molecule has 0 aliphatic carbocycles. The zero-order chi connectivity index (χ0) is 9.14. The molecule has 0 fully saturated rings. The van der Waals surface area contributed by atoms with Gasteiger partial charge in [0.05, 0.1) is 16.7 Å². The molecule has 0 saturated carbocycles. The fourth-order valence-corrected chi connectivity index (χ4v) is 1.39. The van der Waals surface area contributed by atoms with Crippen molar-refractivity contribution in [2.45, 2.75) is 6.61 Å². The topological polar surface area (TPSA) is 9.23 Å². The van der Waals surface area contributed by atoms with Crippen LogP contribution in [0.1, 0.15) is 5.56 Å². The summed E-state index contributed by atoms with van der Waals surface area (Å²) in [7, 11) is 1.55. The van der Waals surface area contributed by atoms with Crippen molar-refractivity contribution in [1.29, 1.82) is 0 Å². The lowest BCUT2D eigenvalue weighted by molar-refractivity contribution is 0.185. The number of hydrogen-bond donors (Lipinski definition) is 0. The van der Waals surface area contributed by atoms with Gasteiger partial charge in [0.15, 0.2) is 5.82 Å². The molecule has 66 valence electrons. The summed E-state index contributed by atoms with van der Waals surface area (Å²) in [6.45, 7) is 0.375. The van der Waals surface area contributed by atoms with Crippen LogP contribution in [0.4, 0.5) is 4.39 Å². The largest absolute Gasteiger partial charge is 0.380 e. The van der Waals surface area contributed by atoms with Crippen LogP contribution in [0.25, 0.3) is 0 Å². The molecule has 0 atom stereocenters. The maximum Gasteiger partial charge on any atom is 0.160 e. The Bertz CT molecular complexity index is 265. The smallest absolute Gasteiger partial charge is 0.160 e. The molecule has 0 heterocycles. The average Bonchev–Trinajstić information content (AvgIpc) is 2.01. The first-order valence-corrected chi connectivity index (χ1v) is 4.03. The summed E-state index contributed by atoms with van der Waals surface area (Å²) in [5.74, 6) is -0.585. The summed E-state index contributed by atoms with van der Waals surface area (Å²) in [6.07, 6.45) is 0. The Morgan fingerprint density at radius 2 is 1.83 bits per heavy atom. The van der Waals surface area contributed by atoms with Crippen LogP contribution in [0.3, 0.4) is 0 Å². The van der Waals surface area contributed by atoms with Gasteiger partial charge in [-0.1, -0.05) is 23.2 Å². The summed E-state index contributed by atoms with van der Waals surface area (Å²) in [4.78, 5) is 0. The molecule has 1 aromatic rings. The average molecular weight is 209 g/mol. The highest BCUT2D eigenvalue weighted by molar-refractivity contribution is 6.34. The normalized spacial score (nSPS) is 10.3. The molecular formula is C8H7Cl2FO. The Morgan fingerprint density at radius 3 is 2.25 bits per heavy atom. The molecule has 12 heavy (non-hydrogen) atoms. The quantitative estimate of drug-likeness (QED) is 0.679. The van der Waals surface area contributed by atoms with Crippen molar-refractivity contribution in [2.75, 3.05) is 7.11 Å². The standard InChI is InChI=1S/C8H7Cl2FO/c1-12-4-5-2-6(9)8(11)7(10)3-5/h2-3H,4H2,1H3. The van der Waals surface area contributed by atoms with Crippen molar-refractivity contribution in [1.82, 2.24) is 0 Å². The van der Waals surface area contributed by atoms with Gasteiger partial charge in [-0.3, -0.25) is 0 Å². The van der Waals surface area contributed by atoms with Gasteiger partial charge < -0.3 is 4.74 Å². The van der Waals surface area contributed by atoms with Crippen LogP contribution in [-0.4, -0.2) is 7.11 Å². The van der Waals surface area contributed by atoms with Gasteiger partial charge in [0.2, 0.25) is 0 Å². The highest BCUT2D eigenvalue weighted by Gasteiger charge is 2.06. The monoisotopic (exact) mass is 208 g/mol. The molecule has 0 radical (unpaired) electrons. The van der Waals surface area contributed by atoms with Crippen LogP contribution in [-0.2, 0) is 11.3 Å². The van der Waals surface area contributed by atoms with Crippen molar-refractivity contribution in [3.63, 3.8) is 0 Å². The van der Waals surface area contributed by atoms with Crippen LogP contribution < -0.4 is 0 Å². The van der Waals surface area contributed by atoms with Crippen LogP contribution in [0.15, 0.2) is 12.1 Å². The van der Waals surface area contributed by atoms with E-state index >= 15 is 0 Å². The summed E-state index contributed by atoms with van der Waals surface area (Å²) in [5.41, 5.74) is 0.758. The van der Waals surface area contributed by atoms with E-state index in [0.29, 0.717) is 6.61 Å². The van der Waals surface area contributed by atoms with Crippen LogP contribution in [0.2, 0.25) is 10.0 Å². The van der Waals surface area contributed by atoms with E-state index in [0.717, 1.165) is 5.56 Å². The lowest BCUT2D eigenvalue weighted by atomic mass is 10.2. The highest BCUT2D eigenvalue weighted by Crippen LogP contribution is 2.24. The number of hydrogen-bond acceptors (Lipinski definition) is 1. The van der Waals surface area contributed by atoms with Gasteiger partial charge in [0.25, 0.3) is 0 Å². The van der Waals surface area contributed by atoms with E-state index in [1.165, 1.54) is 12.1 Å². The second-order valence-corrected chi connectivity index (χ2v) is 3.12. The molecule has 1 aromatic carbocycles. The molecule has 1 nitrogen and oxygen atoms in total. The third-order valence-corrected chi connectivity index (χ3v) is 1.90. The molecule has 0 aliphatic heterocycles. The van der Waals surface area contributed by atoms with Crippen LogP contribution >= 0.6 is 23.2 Å². The second kappa shape index (κ2) is 4.08. The minimum atomic E-state index is -0.585. The zero-order valence-corrected chi connectivity index (χ0v) is 7.92. The summed E-state index contributed by atoms with van der Waals surface area (Å²) < 4.78 is 17.7. The third kappa shape index (κ3) is 2.09. The van der Waals surface area contributed by atoms with Gasteiger partial charge in [0.1, 0.15) is 0 Å². The molecule has 1 rings (SSSR count). The minimum Gasteiger partial charge on any atom is -0.380 e. The number of rotatable bonds is 2. The first-order valence-electron chi connectivity index (χ1n) is 3.27. The number of methoxy groups -OCH3 is 1. The van der Waals surface area contributed by atoms with Crippen molar-refractivity contribution in [3.05, 3.63) is 33.6 Å². The molecule has 0 aromatic heterocycles. The third-order valence-electron chi connectivity index (χ3n) is 1.35. The Hall–Kier alpha value is -0.310. The molecule has 0 amide bonds. The Labute approximate surface area is 80.0 Å². The Kier molecular flexibility index (Phi) is 3.32. The minimum absolute atomic E-state index is 0.0227. The Balaban J connectivity index is 3.04. The van der Waals surface area contributed by atoms with Crippen molar-refractivity contribution < 1.29 is 9.13 Å². The first-order chi connectivity index (χ1) is 5.65. The van der Waals surface area contributed by atoms with E-state index in [2.05, 4.69) is 0 Å². The number of benzene rings is 1. The van der Waals surface area contributed by atoms with E-state index < -0.39 is 5.82 Å². The molecule has 0 unspecified atom stereocenters. The number of ether oxygens (including phenoxy) is 1. The SMILES string of the molecule is COCc1cc(Cl)c(F)c(Cl)c1. The lowest BCUT2D eigenvalue weighted by Gasteiger charge is -2.02. The molecule has 0 spiro atoms. The van der Waals surface area contributed by atoms with Gasteiger partial charge >= 0.3 is 0 Å². The highest BCUT2D eigenvalue weighted by atomic mass is 35.5. The fourth-order valence-electron chi connectivity index (χ4n) is 0.858.